The summed E-state index contributed by atoms with van der Waals surface area (Å²) >= 11 is 0. The van der Waals surface area contributed by atoms with Crippen molar-refractivity contribution in [2.45, 2.75) is 44.6 Å². The van der Waals surface area contributed by atoms with E-state index in [1.165, 1.54) is 0 Å². The monoisotopic (exact) mass is 501 g/mol. The second-order valence-electron chi connectivity index (χ2n) is 9.91. The number of carboxylic acids is 1. The lowest BCUT2D eigenvalue weighted by Crippen LogP contribution is -2.56. The number of carbonyl (C=O) groups is 1. The number of aryl methyl sites for hydroxylation is 1. The highest BCUT2D eigenvalue weighted by Gasteiger charge is 2.50. The van der Waals surface area contributed by atoms with Crippen LogP contribution in [-0.4, -0.2) is 64.8 Å². The Morgan fingerprint density at radius 1 is 1.17 bits per heavy atom. The van der Waals surface area contributed by atoms with Gasteiger partial charge in [0.2, 0.25) is 0 Å². The number of aromatic amines is 1. The van der Waals surface area contributed by atoms with Gasteiger partial charge >= 0.3 is 12.1 Å². The first-order valence-corrected chi connectivity index (χ1v) is 12.2. The Hall–Kier alpha value is -3.04. The Balaban J connectivity index is 1.43. The fourth-order valence-electron chi connectivity index (χ4n) is 5.66. The van der Waals surface area contributed by atoms with Crippen molar-refractivity contribution in [3.8, 4) is 5.75 Å². The highest BCUT2D eigenvalue weighted by atomic mass is 19.4. The van der Waals surface area contributed by atoms with Gasteiger partial charge in [-0.25, -0.2) is 4.79 Å². The third-order valence-electron chi connectivity index (χ3n) is 7.85. The molecule has 1 aliphatic carbocycles. The number of ether oxygens (including phenoxy) is 1. The molecule has 1 aromatic heterocycles. The van der Waals surface area contributed by atoms with Crippen LogP contribution in [0.2, 0.25) is 0 Å². The molecule has 2 heterocycles. The highest BCUT2D eigenvalue weighted by molar-refractivity contribution is 5.88. The summed E-state index contributed by atoms with van der Waals surface area (Å²) in [5.41, 5.74) is 4.36. The van der Waals surface area contributed by atoms with E-state index in [0.717, 1.165) is 33.3 Å². The van der Waals surface area contributed by atoms with Crippen molar-refractivity contribution in [3.05, 3.63) is 64.8 Å². The molecule has 1 saturated carbocycles. The number of nitrogens with zero attached hydrogens (tertiary/aromatic N) is 2. The minimum Gasteiger partial charge on any atom is -0.496 e. The number of carboxylic acid groups (broad SMARTS) is 1. The van der Waals surface area contributed by atoms with Crippen molar-refractivity contribution >= 4 is 16.9 Å². The standard InChI is InChI=1S/C27H30F3N3O3/c1-16-11-24(36-2)22(21-7-8-31-25(16)21)14-33-10-9-32(20-12-19(13-20)27(28,29)30)15-23(33)17-3-5-18(6-4-17)26(34)35/h3-8,11,19-20,23,31H,9-10,12-15H2,1-2H3,(H,34,35). The van der Waals surface area contributed by atoms with E-state index >= 15 is 0 Å². The number of methoxy groups -OCH3 is 1. The molecule has 192 valence electrons. The summed E-state index contributed by atoms with van der Waals surface area (Å²) in [6.45, 7) is 4.59. The van der Waals surface area contributed by atoms with Gasteiger partial charge in [0.1, 0.15) is 5.75 Å². The first-order valence-electron chi connectivity index (χ1n) is 12.2. The number of aromatic nitrogens is 1. The molecule has 5 rings (SSSR count). The van der Waals surface area contributed by atoms with E-state index in [0.29, 0.717) is 26.2 Å². The largest absolute Gasteiger partial charge is 0.496 e. The zero-order valence-corrected chi connectivity index (χ0v) is 20.3. The van der Waals surface area contributed by atoms with Gasteiger partial charge in [0.15, 0.2) is 0 Å². The summed E-state index contributed by atoms with van der Waals surface area (Å²) in [6.07, 6.45) is -1.93. The fraction of sp³-hybridized carbons (Fsp3) is 0.444. The predicted molar refractivity (Wildman–Crippen MR) is 130 cm³/mol. The van der Waals surface area contributed by atoms with Gasteiger partial charge in [-0.3, -0.25) is 9.80 Å². The van der Waals surface area contributed by atoms with Gasteiger partial charge in [-0.2, -0.15) is 13.2 Å². The lowest BCUT2D eigenvalue weighted by molar-refractivity contribution is -0.208. The van der Waals surface area contributed by atoms with Crippen LogP contribution in [0.25, 0.3) is 10.9 Å². The molecule has 1 aliphatic heterocycles. The predicted octanol–water partition coefficient (Wildman–Crippen LogP) is 5.38. The SMILES string of the molecule is COc1cc(C)c2[nH]ccc2c1CN1CCN(C2CC(C(F)(F)F)C2)CC1c1ccc(C(=O)O)cc1. The topological polar surface area (TPSA) is 68.8 Å². The van der Waals surface area contributed by atoms with Crippen molar-refractivity contribution < 1.29 is 27.8 Å². The molecule has 2 fully saturated rings. The first kappa shape index (κ1) is 24.6. The Labute approximate surface area is 207 Å². The summed E-state index contributed by atoms with van der Waals surface area (Å²) in [5.74, 6) is -1.41. The number of nitrogens with one attached hydrogen (secondary N) is 1. The van der Waals surface area contributed by atoms with E-state index in [1.807, 2.05) is 37.4 Å². The van der Waals surface area contributed by atoms with Gasteiger partial charge < -0.3 is 14.8 Å². The molecule has 2 N–H and O–H groups in total. The molecule has 0 bridgehead atoms. The molecule has 1 unspecified atom stereocenters. The lowest BCUT2D eigenvalue weighted by Gasteiger charge is -2.49. The average molecular weight is 502 g/mol. The first-order chi connectivity index (χ1) is 17.2. The summed E-state index contributed by atoms with van der Waals surface area (Å²) in [6, 6.07) is 10.7. The fourth-order valence-corrected chi connectivity index (χ4v) is 5.66. The third kappa shape index (κ3) is 4.57. The minimum atomic E-state index is -4.13. The zero-order chi connectivity index (χ0) is 25.6. The summed E-state index contributed by atoms with van der Waals surface area (Å²) in [7, 11) is 1.66. The van der Waals surface area contributed by atoms with E-state index in [1.54, 1.807) is 19.2 Å². The number of halogens is 3. The van der Waals surface area contributed by atoms with Gasteiger partial charge in [-0.15, -0.1) is 0 Å². The number of benzene rings is 2. The van der Waals surface area contributed by atoms with Crippen LogP contribution in [0.15, 0.2) is 42.6 Å². The quantitative estimate of drug-likeness (QED) is 0.475. The molecule has 2 aliphatic rings. The molecule has 36 heavy (non-hydrogen) atoms. The van der Waals surface area contributed by atoms with Crippen molar-refractivity contribution in [3.63, 3.8) is 0 Å². The number of alkyl halides is 3. The molecule has 1 saturated heterocycles. The van der Waals surface area contributed by atoms with E-state index in [2.05, 4.69) is 14.8 Å². The van der Waals surface area contributed by atoms with Crippen LogP contribution in [0.5, 0.6) is 5.75 Å². The highest BCUT2D eigenvalue weighted by Crippen LogP contribution is 2.44. The number of fused-ring (bicyclic) bond motifs is 1. The molecular formula is C27H30F3N3O3. The van der Waals surface area contributed by atoms with Crippen LogP contribution in [0.4, 0.5) is 13.2 Å². The van der Waals surface area contributed by atoms with Gasteiger partial charge in [0.05, 0.1) is 18.6 Å². The molecule has 0 radical (unpaired) electrons. The van der Waals surface area contributed by atoms with Crippen molar-refractivity contribution in [1.29, 1.82) is 0 Å². The van der Waals surface area contributed by atoms with Gasteiger partial charge in [0.25, 0.3) is 0 Å². The van der Waals surface area contributed by atoms with Crippen LogP contribution in [0, 0.1) is 12.8 Å². The maximum atomic E-state index is 13.1. The summed E-state index contributed by atoms with van der Waals surface area (Å²) in [5, 5.41) is 10.4. The van der Waals surface area contributed by atoms with Gasteiger partial charge in [-0.05, 0) is 55.2 Å². The molecule has 3 aromatic rings. The van der Waals surface area contributed by atoms with E-state index in [-0.39, 0.29) is 30.5 Å². The van der Waals surface area contributed by atoms with Crippen molar-refractivity contribution in [2.75, 3.05) is 26.7 Å². The van der Waals surface area contributed by atoms with Crippen LogP contribution in [0.1, 0.15) is 45.9 Å². The minimum absolute atomic E-state index is 0.0788. The summed E-state index contributed by atoms with van der Waals surface area (Å²) < 4.78 is 45.0. The number of aromatic carboxylic acids is 1. The molecule has 2 aromatic carbocycles. The van der Waals surface area contributed by atoms with Crippen molar-refractivity contribution in [2.24, 2.45) is 5.92 Å². The van der Waals surface area contributed by atoms with Crippen molar-refractivity contribution in [1.82, 2.24) is 14.8 Å². The third-order valence-corrected chi connectivity index (χ3v) is 7.85. The molecule has 0 spiro atoms. The number of hydrogen-bond acceptors (Lipinski definition) is 4. The normalized spacial score (nSPS) is 23.5. The maximum absolute atomic E-state index is 13.1. The second-order valence-corrected chi connectivity index (χ2v) is 9.91. The van der Waals surface area contributed by atoms with Crippen LogP contribution in [0.3, 0.4) is 0 Å². The Morgan fingerprint density at radius 3 is 2.53 bits per heavy atom. The second kappa shape index (κ2) is 9.44. The number of H-pyrrole nitrogens is 1. The van der Waals surface area contributed by atoms with E-state index < -0.39 is 18.1 Å². The average Bonchev–Trinajstić information content (AvgIpc) is 3.30. The Kier molecular flexibility index (Phi) is 6.46. The van der Waals surface area contributed by atoms with Crippen LogP contribution < -0.4 is 4.74 Å². The van der Waals surface area contributed by atoms with Gasteiger partial charge in [-0.1, -0.05) is 12.1 Å². The molecule has 6 nitrogen and oxygen atoms in total. The summed E-state index contributed by atoms with van der Waals surface area (Å²) in [4.78, 5) is 19.2. The Bertz CT molecular complexity index is 1250. The number of rotatable bonds is 6. The number of hydrogen-bond donors (Lipinski definition) is 2. The van der Waals surface area contributed by atoms with Crippen LogP contribution >= 0.6 is 0 Å². The maximum Gasteiger partial charge on any atom is 0.391 e. The lowest BCUT2D eigenvalue weighted by atomic mass is 9.78. The van der Waals surface area contributed by atoms with E-state index in [9.17, 15) is 23.1 Å². The zero-order valence-electron chi connectivity index (χ0n) is 20.3. The van der Waals surface area contributed by atoms with E-state index in [4.69, 9.17) is 4.74 Å². The Morgan fingerprint density at radius 2 is 1.89 bits per heavy atom. The molecule has 9 heteroatoms. The molecule has 1 atom stereocenters. The number of piperazine rings is 1. The molecular weight excluding hydrogens is 471 g/mol. The van der Waals surface area contributed by atoms with Crippen LogP contribution in [-0.2, 0) is 6.54 Å². The van der Waals surface area contributed by atoms with Gasteiger partial charge in [0, 0.05) is 60.9 Å². The molecule has 0 amide bonds. The smallest absolute Gasteiger partial charge is 0.391 e.